The molecule has 21 heavy (non-hydrogen) atoms. The predicted octanol–water partition coefficient (Wildman–Crippen LogP) is 1.88. The number of allylic oxidation sites excluding steroid dienone is 1. The number of hydrogen-bond acceptors (Lipinski definition) is 4. The summed E-state index contributed by atoms with van der Waals surface area (Å²) >= 11 is 0. The first-order chi connectivity index (χ1) is 10.1. The van der Waals surface area contributed by atoms with Crippen LogP contribution in [-0.4, -0.2) is 18.5 Å². The monoisotopic (exact) mass is 284 g/mol. The summed E-state index contributed by atoms with van der Waals surface area (Å²) in [7, 11) is 0. The van der Waals surface area contributed by atoms with E-state index in [1.165, 1.54) is 0 Å². The fourth-order valence-corrected chi connectivity index (χ4v) is 2.52. The molecule has 2 atom stereocenters. The molecule has 1 amide bonds. The molecule has 1 N–H and O–H groups in total. The standard InChI is InChI=1S/C16H16N2O3/c1-3-21-16(20)13-10(2)18-15(19)12(9-17)14(13)11-7-5-4-6-8-11/h4-8,12,14H,3H2,1-2H3,(H,18,19)/t12-,14+/m1/s1. The molecule has 1 heterocycles. The van der Waals surface area contributed by atoms with Gasteiger partial charge in [0.1, 0.15) is 5.92 Å². The first-order valence-corrected chi connectivity index (χ1v) is 6.73. The highest BCUT2D eigenvalue weighted by Crippen LogP contribution is 2.37. The molecule has 0 spiro atoms. The lowest BCUT2D eigenvalue weighted by atomic mass is 9.77. The van der Waals surface area contributed by atoms with Gasteiger partial charge in [0.05, 0.1) is 18.2 Å². The van der Waals surface area contributed by atoms with E-state index in [4.69, 9.17) is 4.74 Å². The van der Waals surface area contributed by atoms with Gasteiger partial charge in [-0.2, -0.15) is 5.26 Å². The molecule has 0 saturated heterocycles. The summed E-state index contributed by atoms with van der Waals surface area (Å²) < 4.78 is 5.07. The van der Waals surface area contributed by atoms with Gasteiger partial charge in [-0.1, -0.05) is 30.3 Å². The lowest BCUT2D eigenvalue weighted by molar-refractivity contribution is -0.139. The smallest absolute Gasteiger partial charge is 0.336 e. The molecular formula is C16H16N2O3. The van der Waals surface area contributed by atoms with Crippen molar-refractivity contribution in [2.45, 2.75) is 19.8 Å². The molecule has 0 aliphatic carbocycles. The number of amides is 1. The van der Waals surface area contributed by atoms with Gasteiger partial charge in [-0.3, -0.25) is 4.79 Å². The van der Waals surface area contributed by atoms with Crippen LogP contribution >= 0.6 is 0 Å². The van der Waals surface area contributed by atoms with Crippen molar-refractivity contribution in [2.24, 2.45) is 5.92 Å². The van der Waals surface area contributed by atoms with Crippen molar-refractivity contribution in [3.63, 3.8) is 0 Å². The van der Waals surface area contributed by atoms with Gasteiger partial charge in [0.15, 0.2) is 0 Å². The third-order valence-electron chi connectivity index (χ3n) is 3.43. The van der Waals surface area contributed by atoms with Gasteiger partial charge in [0.25, 0.3) is 0 Å². The predicted molar refractivity (Wildman–Crippen MR) is 75.8 cm³/mol. The fraction of sp³-hybridized carbons (Fsp3) is 0.312. The second-order valence-corrected chi connectivity index (χ2v) is 4.74. The molecule has 1 aliphatic rings. The molecule has 0 fully saturated rings. The summed E-state index contributed by atoms with van der Waals surface area (Å²) in [5.74, 6) is -2.44. The van der Waals surface area contributed by atoms with E-state index in [1.54, 1.807) is 26.0 Å². The number of nitriles is 1. The van der Waals surface area contributed by atoms with E-state index in [0.29, 0.717) is 11.3 Å². The van der Waals surface area contributed by atoms with Crippen LogP contribution in [0.5, 0.6) is 0 Å². The van der Waals surface area contributed by atoms with Crippen LogP contribution in [0.4, 0.5) is 0 Å². The number of hydrogen-bond donors (Lipinski definition) is 1. The summed E-state index contributed by atoms with van der Waals surface area (Å²) in [6.07, 6.45) is 0. The topological polar surface area (TPSA) is 79.2 Å². The summed E-state index contributed by atoms with van der Waals surface area (Å²) in [4.78, 5) is 24.2. The third kappa shape index (κ3) is 2.79. The zero-order chi connectivity index (χ0) is 15.4. The molecular weight excluding hydrogens is 268 g/mol. The lowest BCUT2D eigenvalue weighted by Gasteiger charge is -2.30. The van der Waals surface area contributed by atoms with Crippen molar-refractivity contribution >= 4 is 11.9 Å². The van der Waals surface area contributed by atoms with E-state index in [2.05, 4.69) is 5.32 Å². The maximum Gasteiger partial charge on any atom is 0.336 e. The van der Waals surface area contributed by atoms with Crippen LogP contribution in [0, 0.1) is 17.2 Å². The molecule has 0 unspecified atom stereocenters. The number of benzene rings is 1. The van der Waals surface area contributed by atoms with Crippen LogP contribution in [0.25, 0.3) is 0 Å². The zero-order valence-corrected chi connectivity index (χ0v) is 11.9. The van der Waals surface area contributed by atoms with Gasteiger partial charge < -0.3 is 10.1 Å². The van der Waals surface area contributed by atoms with Crippen LogP contribution in [0.2, 0.25) is 0 Å². The Morgan fingerprint density at radius 2 is 2.05 bits per heavy atom. The second kappa shape index (κ2) is 6.23. The van der Waals surface area contributed by atoms with Gasteiger partial charge in [-0.05, 0) is 19.4 Å². The molecule has 0 saturated carbocycles. The molecule has 1 aliphatic heterocycles. The highest BCUT2D eigenvalue weighted by molar-refractivity contribution is 5.97. The number of ether oxygens (including phenoxy) is 1. The molecule has 108 valence electrons. The Morgan fingerprint density at radius 1 is 1.38 bits per heavy atom. The maximum atomic E-state index is 12.2. The Kier molecular flexibility index (Phi) is 4.39. The normalized spacial score (nSPS) is 21.5. The maximum absolute atomic E-state index is 12.2. The Labute approximate surface area is 123 Å². The number of carbonyl (C=O) groups is 2. The summed E-state index contributed by atoms with van der Waals surface area (Å²) in [6, 6.07) is 11.1. The molecule has 5 nitrogen and oxygen atoms in total. The minimum atomic E-state index is -0.949. The van der Waals surface area contributed by atoms with Gasteiger partial charge in [-0.25, -0.2) is 4.79 Å². The fourth-order valence-electron chi connectivity index (χ4n) is 2.52. The van der Waals surface area contributed by atoms with E-state index in [0.717, 1.165) is 5.56 Å². The van der Waals surface area contributed by atoms with Crippen molar-refractivity contribution in [3.05, 3.63) is 47.2 Å². The summed E-state index contributed by atoms with van der Waals surface area (Å²) in [5, 5.41) is 11.9. The molecule has 5 heteroatoms. The molecule has 1 aromatic rings. The molecule has 1 aromatic carbocycles. The highest BCUT2D eigenvalue weighted by Gasteiger charge is 2.41. The Bertz CT molecular complexity index is 629. The van der Waals surface area contributed by atoms with Crippen LogP contribution < -0.4 is 5.32 Å². The van der Waals surface area contributed by atoms with Gasteiger partial charge >= 0.3 is 5.97 Å². The van der Waals surface area contributed by atoms with Crippen molar-refractivity contribution in [3.8, 4) is 6.07 Å². The minimum absolute atomic E-state index is 0.238. The number of nitrogens with one attached hydrogen (secondary N) is 1. The summed E-state index contributed by atoms with van der Waals surface area (Å²) in [6.45, 7) is 3.60. The van der Waals surface area contributed by atoms with Crippen molar-refractivity contribution in [1.29, 1.82) is 5.26 Å². The molecule has 2 rings (SSSR count). The lowest BCUT2D eigenvalue weighted by Crippen LogP contribution is -2.41. The molecule has 0 bridgehead atoms. The van der Waals surface area contributed by atoms with E-state index < -0.39 is 23.7 Å². The Balaban J connectivity index is 2.56. The van der Waals surface area contributed by atoms with Gasteiger partial charge in [0.2, 0.25) is 5.91 Å². The average Bonchev–Trinajstić information content (AvgIpc) is 2.47. The van der Waals surface area contributed by atoms with Crippen molar-refractivity contribution in [2.75, 3.05) is 6.61 Å². The third-order valence-corrected chi connectivity index (χ3v) is 3.43. The van der Waals surface area contributed by atoms with E-state index in [1.807, 2.05) is 24.3 Å². The largest absolute Gasteiger partial charge is 0.463 e. The summed E-state index contributed by atoms with van der Waals surface area (Å²) in [5.41, 5.74) is 1.54. The quantitative estimate of drug-likeness (QED) is 0.859. The van der Waals surface area contributed by atoms with Crippen LogP contribution in [-0.2, 0) is 14.3 Å². The SMILES string of the molecule is CCOC(=O)C1=C(C)NC(=O)[C@H](C#N)[C@@H]1c1ccccc1. The van der Waals surface area contributed by atoms with E-state index in [-0.39, 0.29) is 6.61 Å². The second-order valence-electron chi connectivity index (χ2n) is 4.74. The first-order valence-electron chi connectivity index (χ1n) is 6.73. The molecule has 0 radical (unpaired) electrons. The Morgan fingerprint density at radius 3 is 2.62 bits per heavy atom. The first kappa shape index (κ1) is 14.8. The number of nitrogens with zero attached hydrogens (tertiary/aromatic N) is 1. The zero-order valence-electron chi connectivity index (χ0n) is 11.9. The van der Waals surface area contributed by atoms with Crippen LogP contribution in [0.1, 0.15) is 25.3 Å². The van der Waals surface area contributed by atoms with Gasteiger partial charge in [0, 0.05) is 11.6 Å². The number of carbonyl (C=O) groups excluding carboxylic acids is 2. The van der Waals surface area contributed by atoms with Crippen LogP contribution in [0.3, 0.4) is 0 Å². The minimum Gasteiger partial charge on any atom is -0.463 e. The van der Waals surface area contributed by atoms with E-state index in [9.17, 15) is 14.9 Å². The molecule has 0 aromatic heterocycles. The highest BCUT2D eigenvalue weighted by atomic mass is 16.5. The average molecular weight is 284 g/mol. The number of esters is 1. The Hall–Kier alpha value is -2.61. The number of rotatable bonds is 3. The van der Waals surface area contributed by atoms with Crippen molar-refractivity contribution < 1.29 is 14.3 Å². The van der Waals surface area contributed by atoms with Gasteiger partial charge in [-0.15, -0.1) is 0 Å². The van der Waals surface area contributed by atoms with Crippen LogP contribution in [0.15, 0.2) is 41.6 Å². The van der Waals surface area contributed by atoms with Crippen molar-refractivity contribution in [1.82, 2.24) is 5.32 Å². The van der Waals surface area contributed by atoms with E-state index >= 15 is 0 Å².